The van der Waals surface area contributed by atoms with Crippen molar-refractivity contribution in [1.82, 2.24) is 5.32 Å². The zero-order valence-electron chi connectivity index (χ0n) is 11.9. The lowest BCUT2D eigenvalue weighted by molar-refractivity contribution is 0.309. The predicted octanol–water partition coefficient (Wildman–Crippen LogP) is 4.89. The summed E-state index contributed by atoms with van der Waals surface area (Å²) in [6.45, 7) is 2.95. The molecule has 0 radical (unpaired) electrons. The molecule has 0 saturated heterocycles. The fourth-order valence-electron chi connectivity index (χ4n) is 2.05. The van der Waals surface area contributed by atoms with Gasteiger partial charge in [-0.25, -0.2) is 0 Å². The lowest BCUT2D eigenvalue weighted by Crippen LogP contribution is -2.16. The Morgan fingerprint density at radius 3 is 2.50 bits per heavy atom. The molecule has 2 rings (SSSR count). The third-order valence-corrected chi connectivity index (χ3v) is 4.44. The summed E-state index contributed by atoms with van der Waals surface area (Å²) in [6, 6.07) is 12.5. The topological polar surface area (TPSA) is 21.3 Å². The first-order valence-electron chi connectivity index (χ1n) is 6.90. The van der Waals surface area contributed by atoms with Gasteiger partial charge in [0.05, 0.1) is 17.0 Å². The van der Waals surface area contributed by atoms with E-state index in [9.17, 15) is 0 Å². The highest BCUT2D eigenvalue weighted by atomic mass is 35.5. The van der Waals surface area contributed by atoms with Crippen molar-refractivity contribution < 1.29 is 4.74 Å². The molecule has 1 atom stereocenters. The molecule has 2 aromatic rings. The van der Waals surface area contributed by atoms with Crippen LogP contribution in [0.1, 0.15) is 36.2 Å². The van der Waals surface area contributed by atoms with E-state index in [0.717, 1.165) is 29.5 Å². The molecule has 0 spiro atoms. The van der Waals surface area contributed by atoms with Gasteiger partial charge in [-0.3, -0.25) is 0 Å². The van der Waals surface area contributed by atoms with Gasteiger partial charge in [-0.1, -0.05) is 37.1 Å². The van der Waals surface area contributed by atoms with E-state index >= 15 is 0 Å². The lowest BCUT2D eigenvalue weighted by atomic mass is 10.1. The normalized spacial score (nSPS) is 12.3. The zero-order valence-corrected chi connectivity index (χ0v) is 13.4. The third-order valence-electron chi connectivity index (χ3n) is 3.15. The van der Waals surface area contributed by atoms with Crippen LogP contribution in [-0.2, 0) is 0 Å². The summed E-state index contributed by atoms with van der Waals surface area (Å²) in [4.78, 5) is 1.22. The van der Waals surface area contributed by atoms with Crippen LogP contribution >= 0.6 is 22.9 Å². The second-order valence-corrected chi connectivity index (χ2v) is 6.38. The standard InChI is InChI=1S/C16H20ClNOS/c1-3-4-11-19-13-7-5-12(6-8-13)16(18-2)14-9-10-15(17)20-14/h5-10,16,18H,3-4,11H2,1-2H3. The van der Waals surface area contributed by atoms with Crippen molar-refractivity contribution in [3.8, 4) is 5.75 Å². The molecule has 108 valence electrons. The number of nitrogens with one attached hydrogen (secondary N) is 1. The van der Waals surface area contributed by atoms with Gasteiger partial charge in [-0.15, -0.1) is 11.3 Å². The Labute approximate surface area is 129 Å². The lowest BCUT2D eigenvalue weighted by Gasteiger charge is -2.15. The number of hydrogen-bond donors (Lipinski definition) is 1. The summed E-state index contributed by atoms with van der Waals surface area (Å²) in [5.74, 6) is 0.932. The number of ether oxygens (including phenoxy) is 1. The molecule has 0 aliphatic rings. The minimum absolute atomic E-state index is 0.178. The van der Waals surface area contributed by atoms with Gasteiger partial charge < -0.3 is 10.1 Å². The second kappa shape index (κ2) is 7.67. The van der Waals surface area contributed by atoms with Crippen molar-refractivity contribution in [3.63, 3.8) is 0 Å². The molecule has 1 unspecified atom stereocenters. The Kier molecular flexibility index (Phi) is 5.89. The first-order valence-corrected chi connectivity index (χ1v) is 8.09. The smallest absolute Gasteiger partial charge is 0.119 e. The fourth-order valence-corrected chi connectivity index (χ4v) is 3.25. The maximum Gasteiger partial charge on any atom is 0.119 e. The van der Waals surface area contributed by atoms with Crippen LogP contribution in [0.5, 0.6) is 5.75 Å². The van der Waals surface area contributed by atoms with Crippen LogP contribution in [0.4, 0.5) is 0 Å². The number of thiophene rings is 1. The Bertz CT molecular complexity index is 524. The molecule has 0 saturated carbocycles. The van der Waals surface area contributed by atoms with Gasteiger partial charge in [-0.2, -0.15) is 0 Å². The van der Waals surface area contributed by atoms with E-state index in [4.69, 9.17) is 16.3 Å². The van der Waals surface area contributed by atoms with Crippen LogP contribution < -0.4 is 10.1 Å². The maximum absolute atomic E-state index is 6.02. The van der Waals surface area contributed by atoms with Crippen molar-refractivity contribution in [2.24, 2.45) is 0 Å². The summed E-state index contributed by atoms with van der Waals surface area (Å²) >= 11 is 7.62. The van der Waals surface area contributed by atoms with Crippen molar-refractivity contribution in [1.29, 1.82) is 0 Å². The van der Waals surface area contributed by atoms with Crippen molar-refractivity contribution in [2.45, 2.75) is 25.8 Å². The summed E-state index contributed by atoms with van der Waals surface area (Å²) in [7, 11) is 1.96. The highest BCUT2D eigenvalue weighted by Crippen LogP contribution is 2.31. The Morgan fingerprint density at radius 2 is 1.95 bits per heavy atom. The molecule has 1 aromatic heterocycles. The first kappa shape index (κ1) is 15.4. The maximum atomic E-state index is 6.02. The van der Waals surface area contributed by atoms with E-state index in [1.165, 1.54) is 10.4 Å². The molecular formula is C16H20ClNOS. The van der Waals surface area contributed by atoms with Crippen molar-refractivity contribution >= 4 is 22.9 Å². The molecule has 0 aliphatic heterocycles. The fraction of sp³-hybridized carbons (Fsp3) is 0.375. The number of hydrogen-bond acceptors (Lipinski definition) is 3. The van der Waals surface area contributed by atoms with Crippen LogP contribution in [0.2, 0.25) is 4.34 Å². The largest absolute Gasteiger partial charge is 0.494 e. The first-order chi connectivity index (χ1) is 9.74. The minimum atomic E-state index is 0.178. The molecule has 1 N–H and O–H groups in total. The molecule has 1 heterocycles. The van der Waals surface area contributed by atoms with Crippen LogP contribution in [0.3, 0.4) is 0 Å². The van der Waals surface area contributed by atoms with Gasteiger partial charge in [0.1, 0.15) is 5.75 Å². The summed E-state index contributed by atoms with van der Waals surface area (Å²) in [6.07, 6.45) is 2.24. The van der Waals surface area contributed by atoms with Crippen LogP contribution in [-0.4, -0.2) is 13.7 Å². The van der Waals surface area contributed by atoms with Gasteiger partial charge in [0, 0.05) is 4.88 Å². The molecule has 2 nitrogen and oxygen atoms in total. The molecule has 20 heavy (non-hydrogen) atoms. The highest BCUT2D eigenvalue weighted by molar-refractivity contribution is 7.16. The molecule has 0 bridgehead atoms. The van der Waals surface area contributed by atoms with Gasteiger partial charge >= 0.3 is 0 Å². The van der Waals surface area contributed by atoms with Crippen molar-refractivity contribution in [3.05, 3.63) is 51.2 Å². The van der Waals surface area contributed by atoms with Crippen LogP contribution in [0.15, 0.2) is 36.4 Å². The van der Waals surface area contributed by atoms with E-state index in [1.54, 1.807) is 11.3 Å². The van der Waals surface area contributed by atoms with Gasteiger partial charge in [0.25, 0.3) is 0 Å². The summed E-state index contributed by atoms with van der Waals surface area (Å²) < 4.78 is 6.50. The Morgan fingerprint density at radius 1 is 1.20 bits per heavy atom. The number of rotatable bonds is 7. The number of unbranched alkanes of at least 4 members (excludes halogenated alkanes) is 1. The SMILES string of the molecule is CCCCOc1ccc(C(NC)c2ccc(Cl)s2)cc1. The van der Waals surface area contributed by atoms with E-state index in [2.05, 4.69) is 30.4 Å². The van der Waals surface area contributed by atoms with E-state index < -0.39 is 0 Å². The predicted molar refractivity (Wildman–Crippen MR) is 87.1 cm³/mol. The minimum Gasteiger partial charge on any atom is -0.494 e. The van der Waals surface area contributed by atoms with Gasteiger partial charge in [0.15, 0.2) is 0 Å². The highest BCUT2D eigenvalue weighted by Gasteiger charge is 2.14. The Hall–Kier alpha value is -1.03. The molecule has 0 amide bonds. The molecular weight excluding hydrogens is 290 g/mol. The van der Waals surface area contributed by atoms with Crippen LogP contribution in [0.25, 0.3) is 0 Å². The van der Waals surface area contributed by atoms with E-state index in [0.29, 0.717) is 0 Å². The van der Waals surface area contributed by atoms with Gasteiger partial charge in [-0.05, 0) is 43.3 Å². The molecule has 1 aromatic carbocycles. The number of benzene rings is 1. The monoisotopic (exact) mass is 309 g/mol. The van der Waals surface area contributed by atoms with Gasteiger partial charge in [0.2, 0.25) is 0 Å². The summed E-state index contributed by atoms with van der Waals surface area (Å²) in [5.41, 5.74) is 1.22. The zero-order chi connectivity index (χ0) is 14.4. The van der Waals surface area contributed by atoms with Crippen molar-refractivity contribution in [2.75, 3.05) is 13.7 Å². The molecule has 4 heteroatoms. The Balaban J connectivity index is 2.07. The van der Waals surface area contributed by atoms with E-state index in [1.807, 2.05) is 25.2 Å². The third kappa shape index (κ3) is 3.98. The van der Waals surface area contributed by atoms with E-state index in [-0.39, 0.29) is 6.04 Å². The quantitative estimate of drug-likeness (QED) is 0.735. The molecule has 0 fully saturated rings. The average Bonchev–Trinajstić information content (AvgIpc) is 2.88. The number of halogens is 1. The van der Waals surface area contributed by atoms with Crippen LogP contribution in [0, 0.1) is 0 Å². The summed E-state index contributed by atoms with van der Waals surface area (Å²) in [5, 5.41) is 3.33. The second-order valence-electron chi connectivity index (χ2n) is 4.63. The molecule has 0 aliphatic carbocycles. The average molecular weight is 310 g/mol.